The summed E-state index contributed by atoms with van der Waals surface area (Å²) in [6.07, 6.45) is 0. The normalized spacial score (nSPS) is 17.4. The fourth-order valence-electron chi connectivity index (χ4n) is 2.26. The van der Waals surface area contributed by atoms with Crippen molar-refractivity contribution < 1.29 is 9.18 Å². The van der Waals surface area contributed by atoms with Gasteiger partial charge in [-0.2, -0.15) is 0 Å². The van der Waals surface area contributed by atoms with Crippen molar-refractivity contribution >= 4 is 11.6 Å². The minimum atomic E-state index is -0.254. The molecule has 1 aliphatic rings. The molecule has 1 unspecified atom stereocenters. The molecule has 3 rings (SSSR count). The largest absolute Gasteiger partial charge is 0.325 e. The molecule has 1 atom stereocenters. The molecule has 2 aromatic rings. The second kappa shape index (κ2) is 3.95. The van der Waals surface area contributed by atoms with Crippen LogP contribution in [0.1, 0.15) is 18.4 Å². The molecule has 2 aromatic carbocycles. The molecule has 1 N–H and O–H groups in total. The van der Waals surface area contributed by atoms with E-state index in [0.29, 0.717) is 0 Å². The zero-order valence-electron chi connectivity index (χ0n) is 9.91. The summed E-state index contributed by atoms with van der Waals surface area (Å²) in [7, 11) is 0. The maximum atomic E-state index is 13.2. The Morgan fingerprint density at radius 1 is 1.11 bits per heavy atom. The fourth-order valence-corrected chi connectivity index (χ4v) is 2.26. The van der Waals surface area contributed by atoms with Crippen LogP contribution in [0.3, 0.4) is 0 Å². The number of hydrogen-bond acceptors (Lipinski definition) is 1. The molecule has 90 valence electrons. The van der Waals surface area contributed by atoms with Gasteiger partial charge in [-0.05, 0) is 47.9 Å². The number of nitrogens with one attached hydrogen (secondary N) is 1. The summed E-state index contributed by atoms with van der Waals surface area (Å²) >= 11 is 0. The van der Waals surface area contributed by atoms with Gasteiger partial charge in [0.25, 0.3) is 0 Å². The SMILES string of the molecule is CC1C(=O)Nc2ccc(-c3cccc(F)c3)cc21. The van der Waals surface area contributed by atoms with Gasteiger partial charge in [0, 0.05) is 5.69 Å². The zero-order valence-corrected chi connectivity index (χ0v) is 9.91. The first-order chi connectivity index (χ1) is 8.65. The van der Waals surface area contributed by atoms with Gasteiger partial charge in [0.2, 0.25) is 5.91 Å². The minimum absolute atomic E-state index is 0.0152. The van der Waals surface area contributed by atoms with Gasteiger partial charge < -0.3 is 5.32 Å². The van der Waals surface area contributed by atoms with E-state index in [9.17, 15) is 9.18 Å². The van der Waals surface area contributed by atoms with Gasteiger partial charge in [-0.3, -0.25) is 4.79 Å². The maximum absolute atomic E-state index is 13.2. The molecule has 0 aromatic heterocycles. The number of halogens is 1. The average Bonchev–Trinajstić information content (AvgIpc) is 2.65. The predicted molar refractivity (Wildman–Crippen MR) is 68.9 cm³/mol. The lowest BCUT2D eigenvalue weighted by Gasteiger charge is -2.06. The summed E-state index contributed by atoms with van der Waals surface area (Å²) in [5, 5.41) is 2.82. The van der Waals surface area contributed by atoms with E-state index >= 15 is 0 Å². The first-order valence-corrected chi connectivity index (χ1v) is 5.86. The first kappa shape index (κ1) is 11.0. The van der Waals surface area contributed by atoms with Gasteiger partial charge in [0.1, 0.15) is 5.82 Å². The standard InChI is InChI=1S/C15H12FNO/c1-9-13-8-11(5-6-14(13)17-15(9)18)10-3-2-4-12(16)7-10/h2-9H,1H3,(H,17,18). The topological polar surface area (TPSA) is 29.1 Å². The highest BCUT2D eigenvalue weighted by molar-refractivity contribution is 6.03. The molecule has 0 radical (unpaired) electrons. The van der Waals surface area contributed by atoms with E-state index in [-0.39, 0.29) is 17.6 Å². The van der Waals surface area contributed by atoms with Crippen LogP contribution in [-0.4, -0.2) is 5.91 Å². The Balaban J connectivity index is 2.09. The lowest BCUT2D eigenvalue weighted by molar-refractivity contribution is -0.116. The van der Waals surface area contributed by atoms with Crippen LogP contribution >= 0.6 is 0 Å². The predicted octanol–water partition coefficient (Wildman–Crippen LogP) is 3.55. The summed E-state index contributed by atoms with van der Waals surface area (Å²) in [6.45, 7) is 1.87. The third kappa shape index (κ3) is 1.68. The van der Waals surface area contributed by atoms with Crippen LogP contribution in [0.15, 0.2) is 42.5 Å². The van der Waals surface area contributed by atoms with Gasteiger partial charge in [-0.25, -0.2) is 4.39 Å². The number of hydrogen-bond donors (Lipinski definition) is 1. The highest BCUT2D eigenvalue weighted by atomic mass is 19.1. The van der Waals surface area contributed by atoms with E-state index in [0.717, 1.165) is 22.4 Å². The number of carbonyl (C=O) groups excluding carboxylic acids is 1. The maximum Gasteiger partial charge on any atom is 0.231 e. The molecular formula is C15H12FNO. The smallest absolute Gasteiger partial charge is 0.231 e. The number of carbonyl (C=O) groups is 1. The van der Waals surface area contributed by atoms with E-state index < -0.39 is 0 Å². The van der Waals surface area contributed by atoms with Crippen molar-refractivity contribution in [2.45, 2.75) is 12.8 Å². The molecule has 0 fully saturated rings. The van der Waals surface area contributed by atoms with E-state index in [1.165, 1.54) is 12.1 Å². The average molecular weight is 241 g/mol. The molecule has 0 saturated heterocycles. The molecule has 0 aliphatic carbocycles. The Hall–Kier alpha value is -2.16. The van der Waals surface area contributed by atoms with Gasteiger partial charge in [0.15, 0.2) is 0 Å². The van der Waals surface area contributed by atoms with E-state index in [1.807, 2.05) is 31.2 Å². The van der Waals surface area contributed by atoms with Crippen molar-refractivity contribution in [2.75, 3.05) is 5.32 Å². The van der Waals surface area contributed by atoms with Gasteiger partial charge >= 0.3 is 0 Å². The molecule has 0 saturated carbocycles. The summed E-state index contributed by atoms with van der Waals surface area (Å²) in [6, 6.07) is 12.2. The molecule has 3 heteroatoms. The highest BCUT2D eigenvalue weighted by Gasteiger charge is 2.26. The van der Waals surface area contributed by atoms with Crippen LogP contribution < -0.4 is 5.32 Å². The second-order valence-corrected chi connectivity index (χ2v) is 4.52. The number of amides is 1. The van der Waals surface area contributed by atoms with E-state index in [1.54, 1.807) is 6.07 Å². The van der Waals surface area contributed by atoms with Crippen LogP contribution in [0.25, 0.3) is 11.1 Å². The van der Waals surface area contributed by atoms with E-state index in [4.69, 9.17) is 0 Å². The van der Waals surface area contributed by atoms with Crippen molar-refractivity contribution in [1.29, 1.82) is 0 Å². The van der Waals surface area contributed by atoms with Crippen LogP contribution in [0, 0.1) is 5.82 Å². The summed E-state index contributed by atoms with van der Waals surface area (Å²) in [4.78, 5) is 11.6. The number of fused-ring (bicyclic) bond motifs is 1. The molecule has 1 amide bonds. The van der Waals surface area contributed by atoms with Crippen LogP contribution in [0.5, 0.6) is 0 Å². The molecule has 1 heterocycles. The first-order valence-electron chi connectivity index (χ1n) is 5.86. The van der Waals surface area contributed by atoms with Gasteiger partial charge in [-0.1, -0.05) is 18.2 Å². The molecule has 0 spiro atoms. The van der Waals surface area contributed by atoms with Crippen LogP contribution in [-0.2, 0) is 4.79 Å². The molecular weight excluding hydrogens is 229 g/mol. The monoisotopic (exact) mass is 241 g/mol. The Labute approximate surface area is 104 Å². The fraction of sp³-hybridized carbons (Fsp3) is 0.133. The number of benzene rings is 2. The molecule has 2 nitrogen and oxygen atoms in total. The van der Waals surface area contributed by atoms with Crippen molar-refractivity contribution in [3.63, 3.8) is 0 Å². The summed E-state index contributed by atoms with van der Waals surface area (Å²) < 4.78 is 13.2. The second-order valence-electron chi connectivity index (χ2n) is 4.52. The Morgan fingerprint density at radius 3 is 2.67 bits per heavy atom. The van der Waals surface area contributed by atoms with Crippen molar-refractivity contribution in [2.24, 2.45) is 0 Å². The van der Waals surface area contributed by atoms with Gasteiger partial charge in [0.05, 0.1) is 5.92 Å². The van der Waals surface area contributed by atoms with Crippen LogP contribution in [0.4, 0.5) is 10.1 Å². The quantitative estimate of drug-likeness (QED) is 0.812. The summed E-state index contributed by atoms with van der Waals surface area (Å²) in [5.41, 5.74) is 3.58. The van der Waals surface area contributed by atoms with Gasteiger partial charge in [-0.15, -0.1) is 0 Å². The molecule has 1 aliphatic heterocycles. The lowest BCUT2D eigenvalue weighted by Crippen LogP contribution is -2.08. The van der Waals surface area contributed by atoms with Crippen molar-refractivity contribution in [3.8, 4) is 11.1 Å². The van der Waals surface area contributed by atoms with Crippen molar-refractivity contribution in [3.05, 3.63) is 53.8 Å². The number of anilines is 1. The Morgan fingerprint density at radius 2 is 1.89 bits per heavy atom. The lowest BCUT2D eigenvalue weighted by atomic mass is 9.97. The number of rotatable bonds is 1. The zero-order chi connectivity index (χ0) is 12.7. The molecule has 0 bridgehead atoms. The highest BCUT2D eigenvalue weighted by Crippen LogP contribution is 2.35. The Bertz CT molecular complexity index is 636. The third-order valence-electron chi connectivity index (χ3n) is 3.33. The molecule has 18 heavy (non-hydrogen) atoms. The summed E-state index contributed by atoms with van der Waals surface area (Å²) in [5.74, 6) is -0.384. The minimum Gasteiger partial charge on any atom is -0.325 e. The Kier molecular flexibility index (Phi) is 2.40. The van der Waals surface area contributed by atoms with E-state index in [2.05, 4.69) is 5.32 Å². The third-order valence-corrected chi connectivity index (χ3v) is 3.33. The van der Waals surface area contributed by atoms with Crippen LogP contribution in [0.2, 0.25) is 0 Å². The van der Waals surface area contributed by atoms with Crippen molar-refractivity contribution in [1.82, 2.24) is 0 Å².